The molecule has 14 nitrogen and oxygen atoms in total. The SMILES string of the molecule is C[C@@H]1O[C@@H](N=[N+]=[N-])[C@H](OS(=O)(=O)O)[C@H](OS(=O)(=O)O)[C@H]1OC(=O)c1ccccc1. The molecule has 0 saturated carbocycles. The normalized spacial score (nSPS) is 27.6. The van der Waals surface area contributed by atoms with Crippen LogP contribution in [0.1, 0.15) is 17.3 Å². The molecule has 5 atom stereocenters. The second-order valence-corrected chi connectivity index (χ2v) is 7.75. The van der Waals surface area contributed by atoms with Crippen molar-refractivity contribution >= 4 is 26.8 Å². The van der Waals surface area contributed by atoms with Crippen LogP contribution in [0.25, 0.3) is 10.4 Å². The Hall–Kier alpha value is -2.30. The van der Waals surface area contributed by atoms with Gasteiger partial charge >= 0.3 is 26.8 Å². The molecule has 1 aromatic carbocycles. The fraction of sp³-hybridized carbons (Fsp3) is 0.462. The smallest absolute Gasteiger partial charge is 0.397 e. The van der Waals surface area contributed by atoms with Crippen molar-refractivity contribution in [3.05, 3.63) is 46.3 Å². The fourth-order valence-electron chi connectivity index (χ4n) is 2.56. The van der Waals surface area contributed by atoms with Crippen LogP contribution < -0.4 is 0 Å². The number of carbonyl (C=O) groups excluding carboxylic acids is 1. The first kappa shape index (κ1) is 23.0. The van der Waals surface area contributed by atoms with Crippen LogP contribution in [0.5, 0.6) is 0 Å². The Morgan fingerprint density at radius 3 is 2.14 bits per heavy atom. The van der Waals surface area contributed by atoms with E-state index < -0.39 is 57.4 Å². The van der Waals surface area contributed by atoms with E-state index in [1.807, 2.05) is 0 Å². The third kappa shape index (κ3) is 6.62. The van der Waals surface area contributed by atoms with Crippen LogP contribution in [0.4, 0.5) is 0 Å². The first-order valence-electron chi connectivity index (χ1n) is 7.68. The Morgan fingerprint density at radius 1 is 1.07 bits per heavy atom. The molecule has 1 fully saturated rings. The maximum absolute atomic E-state index is 12.3. The average molecular weight is 453 g/mol. The van der Waals surface area contributed by atoms with E-state index in [1.54, 1.807) is 6.07 Å². The van der Waals surface area contributed by atoms with Crippen molar-refractivity contribution in [2.24, 2.45) is 5.11 Å². The Labute approximate surface area is 164 Å². The molecule has 2 rings (SSSR count). The number of rotatable bonds is 7. The zero-order chi connectivity index (χ0) is 21.8. The molecule has 1 aliphatic heterocycles. The summed E-state index contributed by atoms with van der Waals surface area (Å²) in [6.45, 7) is 1.27. The number of ether oxygens (including phenoxy) is 2. The number of hydrogen-bond donors (Lipinski definition) is 2. The Bertz CT molecular complexity index is 992. The maximum Gasteiger partial charge on any atom is 0.397 e. The van der Waals surface area contributed by atoms with Gasteiger partial charge in [0.15, 0.2) is 12.3 Å². The van der Waals surface area contributed by atoms with Crippen LogP contribution in [0.2, 0.25) is 0 Å². The van der Waals surface area contributed by atoms with Crippen LogP contribution in [0.3, 0.4) is 0 Å². The largest absolute Gasteiger partial charge is 0.453 e. The number of azide groups is 1. The van der Waals surface area contributed by atoms with Crippen LogP contribution >= 0.6 is 0 Å². The molecule has 0 unspecified atom stereocenters. The molecule has 160 valence electrons. The van der Waals surface area contributed by atoms with Gasteiger partial charge in [-0.2, -0.15) is 16.8 Å². The predicted molar refractivity (Wildman–Crippen MR) is 92.0 cm³/mol. The van der Waals surface area contributed by atoms with Gasteiger partial charge in [0.05, 0.1) is 11.7 Å². The lowest BCUT2D eigenvalue weighted by atomic mass is 9.99. The van der Waals surface area contributed by atoms with Gasteiger partial charge in [0.1, 0.15) is 12.2 Å². The highest BCUT2D eigenvalue weighted by molar-refractivity contribution is 7.81. The van der Waals surface area contributed by atoms with Gasteiger partial charge in [-0.1, -0.05) is 23.3 Å². The summed E-state index contributed by atoms with van der Waals surface area (Å²) in [7, 11) is -10.5. The van der Waals surface area contributed by atoms with E-state index in [2.05, 4.69) is 18.4 Å². The molecular weight excluding hydrogens is 438 g/mol. The van der Waals surface area contributed by atoms with Crippen LogP contribution in [-0.4, -0.2) is 62.6 Å². The fourth-order valence-corrected chi connectivity index (χ4v) is 3.54. The molecule has 1 saturated heterocycles. The molecule has 1 aliphatic rings. The highest BCUT2D eigenvalue weighted by Crippen LogP contribution is 2.31. The lowest BCUT2D eigenvalue weighted by Gasteiger charge is -2.41. The van der Waals surface area contributed by atoms with E-state index in [4.69, 9.17) is 24.1 Å². The van der Waals surface area contributed by atoms with E-state index in [0.29, 0.717) is 0 Å². The molecule has 0 aromatic heterocycles. The molecule has 29 heavy (non-hydrogen) atoms. The lowest BCUT2D eigenvalue weighted by Crippen LogP contribution is -2.60. The summed E-state index contributed by atoms with van der Waals surface area (Å²) >= 11 is 0. The van der Waals surface area contributed by atoms with Gasteiger partial charge in [-0.05, 0) is 24.6 Å². The van der Waals surface area contributed by atoms with Gasteiger partial charge in [-0.25, -0.2) is 13.2 Å². The lowest BCUT2D eigenvalue weighted by molar-refractivity contribution is -0.201. The monoisotopic (exact) mass is 453 g/mol. The second-order valence-electron chi connectivity index (χ2n) is 5.65. The molecule has 1 heterocycles. The standard InChI is InChI=1S/C13H15N3O11S2/c1-7-9(25-13(17)8-5-3-2-4-6-8)10(26-28(18,19)20)11(27-29(21,22)23)12(24-7)15-16-14/h2-7,9-12H,1H3,(H,18,19,20)(H,21,22,23)/t7-,9-,10+,11+,12+/m0/s1. The summed E-state index contributed by atoms with van der Waals surface area (Å²) in [4.78, 5) is 14.7. The van der Waals surface area contributed by atoms with Crippen LogP contribution in [0, 0.1) is 0 Å². The zero-order valence-electron chi connectivity index (χ0n) is 14.5. The molecule has 0 amide bonds. The van der Waals surface area contributed by atoms with Crippen LogP contribution in [0.15, 0.2) is 35.4 Å². The summed E-state index contributed by atoms with van der Waals surface area (Å²) in [5.41, 5.74) is 8.67. The summed E-state index contributed by atoms with van der Waals surface area (Å²) in [5, 5.41) is 3.11. The maximum atomic E-state index is 12.3. The molecular formula is C13H15N3O11S2. The summed E-state index contributed by atoms with van der Waals surface area (Å²) in [6.07, 6.45) is -8.91. The number of nitrogens with zero attached hydrogens (tertiary/aromatic N) is 3. The Kier molecular flexibility index (Phi) is 7.15. The van der Waals surface area contributed by atoms with Gasteiger partial charge in [0.25, 0.3) is 0 Å². The third-order valence-electron chi connectivity index (χ3n) is 3.63. The minimum Gasteiger partial charge on any atom is -0.453 e. The first-order valence-corrected chi connectivity index (χ1v) is 10.4. The van der Waals surface area contributed by atoms with Crippen molar-refractivity contribution < 1.29 is 48.6 Å². The van der Waals surface area contributed by atoms with Gasteiger partial charge in [-0.15, -0.1) is 0 Å². The number of carbonyl (C=O) groups is 1. The quantitative estimate of drug-likeness (QED) is 0.192. The van der Waals surface area contributed by atoms with Crippen molar-refractivity contribution in [1.82, 2.24) is 0 Å². The molecule has 0 spiro atoms. The minimum absolute atomic E-state index is 0.0507. The Balaban J connectivity index is 2.45. The highest BCUT2D eigenvalue weighted by atomic mass is 32.3. The molecule has 16 heteroatoms. The van der Waals surface area contributed by atoms with Gasteiger partial charge in [-0.3, -0.25) is 9.11 Å². The predicted octanol–water partition coefficient (Wildman–Crippen LogP) is 0.643. The van der Waals surface area contributed by atoms with Crippen LogP contribution in [-0.2, 0) is 38.6 Å². The average Bonchev–Trinajstić information content (AvgIpc) is 2.60. The molecule has 0 bridgehead atoms. The van der Waals surface area contributed by atoms with Crippen molar-refractivity contribution in [2.75, 3.05) is 0 Å². The minimum atomic E-state index is -5.25. The van der Waals surface area contributed by atoms with Gasteiger partial charge in [0, 0.05) is 4.91 Å². The van der Waals surface area contributed by atoms with Crippen molar-refractivity contribution in [1.29, 1.82) is 0 Å². The van der Waals surface area contributed by atoms with Gasteiger partial charge < -0.3 is 9.47 Å². The van der Waals surface area contributed by atoms with Crippen molar-refractivity contribution in [3.63, 3.8) is 0 Å². The Morgan fingerprint density at radius 2 is 1.62 bits per heavy atom. The highest BCUT2D eigenvalue weighted by Gasteiger charge is 2.51. The first-order chi connectivity index (χ1) is 13.4. The van der Waals surface area contributed by atoms with E-state index >= 15 is 0 Å². The zero-order valence-corrected chi connectivity index (χ0v) is 16.1. The number of benzene rings is 1. The molecule has 2 N–H and O–H groups in total. The molecule has 0 aliphatic carbocycles. The van der Waals surface area contributed by atoms with Gasteiger partial charge in [0.2, 0.25) is 0 Å². The topological polar surface area (TPSA) is 211 Å². The number of hydrogen-bond acceptors (Lipinski definition) is 10. The molecule has 1 aromatic rings. The summed E-state index contributed by atoms with van der Waals surface area (Å²) in [6, 6.07) is 7.42. The van der Waals surface area contributed by atoms with Crippen molar-refractivity contribution in [3.8, 4) is 0 Å². The van der Waals surface area contributed by atoms with E-state index in [9.17, 15) is 21.6 Å². The second kappa shape index (κ2) is 9.02. The third-order valence-corrected chi connectivity index (χ3v) is 4.56. The van der Waals surface area contributed by atoms with E-state index in [1.165, 1.54) is 31.2 Å². The summed E-state index contributed by atoms with van der Waals surface area (Å²) < 4.78 is 82.0. The number of esters is 1. The van der Waals surface area contributed by atoms with Crippen molar-refractivity contribution in [2.45, 2.75) is 37.6 Å². The van der Waals surface area contributed by atoms with E-state index in [-0.39, 0.29) is 5.56 Å². The van der Waals surface area contributed by atoms with E-state index in [0.717, 1.165) is 0 Å². The molecule has 0 radical (unpaired) electrons. The summed E-state index contributed by atoms with van der Waals surface area (Å²) in [5.74, 6) is -0.970.